The third-order valence-corrected chi connectivity index (χ3v) is 4.52. The number of hydrogen-bond acceptors (Lipinski definition) is 3. The number of rotatable bonds is 5. The lowest BCUT2D eigenvalue weighted by Crippen LogP contribution is -2.54. The van der Waals surface area contributed by atoms with Crippen LogP contribution < -0.4 is 5.32 Å². The molecule has 2 unspecified atom stereocenters. The SMILES string of the molecule is CCCNC1CCCN(CC2CCCCN2C)C1=O. The first kappa shape index (κ1) is 14.8. The van der Waals surface area contributed by atoms with E-state index in [9.17, 15) is 4.79 Å². The molecule has 4 heteroatoms. The van der Waals surface area contributed by atoms with E-state index in [-0.39, 0.29) is 6.04 Å². The Morgan fingerprint density at radius 3 is 2.79 bits per heavy atom. The van der Waals surface area contributed by atoms with Gasteiger partial charge in [-0.15, -0.1) is 0 Å². The lowest BCUT2D eigenvalue weighted by molar-refractivity contribution is -0.137. The van der Waals surface area contributed by atoms with Gasteiger partial charge in [0.2, 0.25) is 5.91 Å². The molecule has 1 N–H and O–H groups in total. The Balaban J connectivity index is 1.86. The maximum Gasteiger partial charge on any atom is 0.239 e. The molecule has 2 heterocycles. The van der Waals surface area contributed by atoms with E-state index in [0.29, 0.717) is 11.9 Å². The average Bonchev–Trinajstić information content (AvgIpc) is 2.42. The molecule has 2 saturated heterocycles. The molecule has 2 fully saturated rings. The molecule has 0 aromatic rings. The molecule has 110 valence electrons. The third-order valence-electron chi connectivity index (χ3n) is 4.52. The van der Waals surface area contributed by atoms with E-state index in [4.69, 9.17) is 0 Å². The summed E-state index contributed by atoms with van der Waals surface area (Å²) in [7, 11) is 2.20. The van der Waals surface area contributed by atoms with Gasteiger partial charge in [0.05, 0.1) is 6.04 Å². The summed E-state index contributed by atoms with van der Waals surface area (Å²) in [5.74, 6) is 0.332. The number of likely N-dealkylation sites (tertiary alicyclic amines) is 2. The molecule has 0 saturated carbocycles. The second-order valence-corrected chi connectivity index (χ2v) is 6.06. The molecule has 0 aromatic carbocycles. The Kier molecular flexibility index (Phi) is 5.64. The molecule has 2 aliphatic rings. The highest BCUT2D eigenvalue weighted by atomic mass is 16.2. The minimum atomic E-state index is 0.0718. The van der Waals surface area contributed by atoms with Gasteiger partial charge < -0.3 is 15.1 Å². The van der Waals surface area contributed by atoms with Crippen molar-refractivity contribution in [1.29, 1.82) is 0 Å². The van der Waals surface area contributed by atoms with E-state index in [1.165, 1.54) is 25.8 Å². The third kappa shape index (κ3) is 3.93. The monoisotopic (exact) mass is 267 g/mol. The van der Waals surface area contributed by atoms with Crippen LogP contribution in [0.1, 0.15) is 45.4 Å². The van der Waals surface area contributed by atoms with Crippen molar-refractivity contribution in [2.75, 3.05) is 33.2 Å². The number of carbonyl (C=O) groups excluding carboxylic acids is 1. The number of nitrogens with zero attached hydrogens (tertiary/aromatic N) is 2. The van der Waals surface area contributed by atoms with Crippen LogP contribution >= 0.6 is 0 Å². The van der Waals surface area contributed by atoms with Gasteiger partial charge in [-0.2, -0.15) is 0 Å². The zero-order valence-corrected chi connectivity index (χ0v) is 12.5. The lowest BCUT2D eigenvalue weighted by atomic mass is 9.99. The van der Waals surface area contributed by atoms with Crippen molar-refractivity contribution in [2.45, 2.75) is 57.5 Å². The smallest absolute Gasteiger partial charge is 0.239 e. The summed E-state index contributed by atoms with van der Waals surface area (Å²) in [6.45, 7) is 6.17. The van der Waals surface area contributed by atoms with Gasteiger partial charge in [0.25, 0.3) is 0 Å². The van der Waals surface area contributed by atoms with E-state index in [0.717, 1.165) is 38.9 Å². The Labute approximate surface area is 117 Å². The average molecular weight is 267 g/mol. The predicted octanol–water partition coefficient (Wildman–Crippen LogP) is 1.46. The standard InChI is InChI=1S/C15H29N3O/c1-3-9-16-14-8-6-11-18(15(14)19)12-13-7-4-5-10-17(13)2/h13-14,16H,3-12H2,1-2H3. The zero-order chi connectivity index (χ0) is 13.7. The maximum absolute atomic E-state index is 12.5. The van der Waals surface area contributed by atoms with Gasteiger partial charge in [-0.3, -0.25) is 4.79 Å². The van der Waals surface area contributed by atoms with Crippen LogP contribution in [0.2, 0.25) is 0 Å². The predicted molar refractivity (Wildman–Crippen MR) is 78.2 cm³/mol. The second-order valence-electron chi connectivity index (χ2n) is 6.06. The number of piperidine rings is 2. The Morgan fingerprint density at radius 1 is 1.21 bits per heavy atom. The molecule has 2 rings (SSSR count). The molecule has 4 nitrogen and oxygen atoms in total. The molecule has 0 bridgehead atoms. The summed E-state index contributed by atoms with van der Waals surface area (Å²) in [5.41, 5.74) is 0. The van der Waals surface area contributed by atoms with Crippen LogP contribution in [0.15, 0.2) is 0 Å². The van der Waals surface area contributed by atoms with Gasteiger partial charge in [0.1, 0.15) is 0 Å². The molecular formula is C15H29N3O. The Bertz CT molecular complexity index is 295. The van der Waals surface area contributed by atoms with Crippen molar-refractivity contribution < 1.29 is 4.79 Å². The number of nitrogens with one attached hydrogen (secondary N) is 1. The highest BCUT2D eigenvalue weighted by molar-refractivity contribution is 5.82. The first-order chi connectivity index (χ1) is 9.22. The molecule has 0 aliphatic carbocycles. The zero-order valence-electron chi connectivity index (χ0n) is 12.5. The van der Waals surface area contributed by atoms with Gasteiger partial charge in [-0.1, -0.05) is 13.3 Å². The summed E-state index contributed by atoms with van der Waals surface area (Å²) < 4.78 is 0. The summed E-state index contributed by atoms with van der Waals surface area (Å²) in [6.07, 6.45) is 7.11. The van der Waals surface area contributed by atoms with Crippen molar-refractivity contribution in [3.63, 3.8) is 0 Å². The van der Waals surface area contributed by atoms with Crippen molar-refractivity contribution in [1.82, 2.24) is 15.1 Å². The first-order valence-corrected chi connectivity index (χ1v) is 7.94. The van der Waals surface area contributed by atoms with Crippen LogP contribution in [0, 0.1) is 0 Å². The van der Waals surface area contributed by atoms with Crippen LogP contribution in [0.5, 0.6) is 0 Å². The van der Waals surface area contributed by atoms with E-state index < -0.39 is 0 Å². The normalized spacial score (nSPS) is 29.8. The Hall–Kier alpha value is -0.610. The van der Waals surface area contributed by atoms with Gasteiger partial charge in [0.15, 0.2) is 0 Å². The number of carbonyl (C=O) groups is 1. The minimum absolute atomic E-state index is 0.0718. The van der Waals surface area contributed by atoms with Crippen molar-refractivity contribution in [3.8, 4) is 0 Å². The molecule has 19 heavy (non-hydrogen) atoms. The van der Waals surface area contributed by atoms with Crippen LogP contribution in [-0.2, 0) is 4.79 Å². The minimum Gasteiger partial charge on any atom is -0.340 e. The summed E-state index contributed by atoms with van der Waals surface area (Å²) in [5, 5.41) is 3.39. The van der Waals surface area contributed by atoms with Crippen LogP contribution in [-0.4, -0.2) is 61.0 Å². The van der Waals surface area contributed by atoms with Crippen molar-refractivity contribution in [2.24, 2.45) is 0 Å². The number of likely N-dealkylation sites (N-methyl/N-ethyl adjacent to an activating group) is 1. The summed E-state index contributed by atoms with van der Waals surface area (Å²) in [4.78, 5) is 17.0. The topological polar surface area (TPSA) is 35.6 Å². The van der Waals surface area contributed by atoms with Crippen molar-refractivity contribution >= 4 is 5.91 Å². The molecule has 1 amide bonds. The molecule has 0 radical (unpaired) electrons. The molecule has 0 spiro atoms. The van der Waals surface area contributed by atoms with Gasteiger partial charge in [-0.05, 0) is 52.2 Å². The van der Waals surface area contributed by atoms with Gasteiger partial charge in [-0.25, -0.2) is 0 Å². The van der Waals surface area contributed by atoms with E-state index in [1.807, 2.05) is 0 Å². The first-order valence-electron chi connectivity index (χ1n) is 7.94. The van der Waals surface area contributed by atoms with E-state index >= 15 is 0 Å². The van der Waals surface area contributed by atoms with Gasteiger partial charge >= 0.3 is 0 Å². The number of amides is 1. The fourth-order valence-electron chi connectivity index (χ4n) is 3.26. The van der Waals surface area contributed by atoms with E-state index in [2.05, 4.69) is 29.1 Å². The fourth-order valence-corrected chi connectivity index (χ4v) is 3.26. The quantitative estimate of drug-likeness (QED) is 0.819. The number of hydrogen-bond donors (Lipinski definition) is 1. The van der Waals surface area contributed by atoms with Crippen LogP contribution in [0.3, 0.4) is 0 Å². The van der Waals surface area contributed by atoms with Crippen molar-refractivity contribution in [3.05, 3.63) is 0 Å². The van der Waals surface area contributed by atoms with Crippen LogP contribution in [0.4, 0.5) is 0 Å². The van der Waals surface area contributed by atoms with E-state index in [1.54, 1.807) is 0 Å². The van der Waals surface area contributed by atoms with Crippen LogP contribution in [0.25, 0.3) is 0 Å². The summed E-state index contributed by atoms with van der Waals surface area (Å²) >= 11 is 0. The lowest BCUT2D eigenvalue weighted by Gasteiger charge is -2.39. The molecular weight excluding hydrogens is 238 g/mol. The molecule has 0 aromatic heterocycles. The maximum atomic E-state index is 12.5. The fraction of sp³-hybridized carbons (Fsp3) is 0.933. The molecule has 2 atom stereocenters. The molecule has 2 aliphatic heterocycles. The highest BCUT2D eigenvalue weighted by Gasteiger charge is 2.31. The van der Waals surface area contributed by atoms with Gasteiger partial charge in [0, 0.05) is 19.1 Å². The largest absolute Gasteiger partial charge is 0.340 e. The Morgan fingerprint density at radius 2 is 2.05 bits per heavy atom. The highest BCUT2D eigenvalue weighted by Crippen LogP contribution is 2.19. The summed E-state index contributed by atoms with van der Waals surface area (Å²) in [6, 6.07) is 0.644. The second kappa shape index (κ2) is 7.25.